The molecule has 1 aromatic carbocycles. The molecule has 0 saturated heterocycles. The van der Waals surface area contributed by atoms with E-state index in [2.05, 4.69) is 17.2 Å². The molecule has 1 heterocycles. The fourth-order valence-electron chi connectivity index (χ4n) is 1.70. The van der Waals surface area contributed by atoms with Crippen LogP contribution in [0.3, 0.4) is 0 Å². The molecule has 0 saturated carbocycles. The molecule has 0 radical (unpaired) electrons. The number of nitrogens with two attached hydrogens (primary N) is 1. The van der Waals surface area contributed by atoms with E-state index in [1.165, 1.54) is 11.1 Å². The van der Waals surface area contributed by atoms with Crippen molar-refractivity contribution in [3.8, 4) is 5.75 Å². The zero-order valence-electron chi connectivity index (χ0n) is 10.6. The lowest BCUT2D eigenvalue weighted by Gasteiger charge is -2.11. The molecule has 0 fully saturated rings. The number of hydrogen-bond donors (Lipinski definition) is 2. The lowest BCUT2D eigenvalue weighted by Crippen LogP contribution is -2.02. The minimum Gasteiger partial charge on any atom is -0.495 e. The Kier molecular flexibility index (Phi) is 3.67. The standard InChI is InChI=1S/C14H17N3O/c1-10-5-6-16-8-11(10)9-17-12-3-4-13(15)14(7-12)18-2/h3-8,17H,9,15H2,1-2H3. The molecule has 2 aromatic rings. The highest BCUT2D eigenvalue weighted by molar-refractivity contribution is 5.61. The number of hydrogen-bond acceptors (Lipinski definition) is 4. The summed E-state index contributed by atoms with van der Waals surface area (Å²) in [4.78, 5) is 4.12. The Morgan fingerprint density at radius 2 is 2.17 bits per heavy atom. The summed E-state index contributed by atoms with van der Waals surface area (Å²) in [6.07, 6.45) is 3.67. The monoisotopic (exact) mass is 243 g/mol. The second-order valence-corrected chi connectivity index (χ2v) is 4.11. The van der Waals surface area contributed by atoms with Crippen LogP contribution in [0.15, 0.2) is 36.7 Å². The predicted molar refractivity (Wildman–Crippen MR) is 73.7 cm³/mol. The van der Waals surface area contributed by atoms with Crippen molar-refractivity contribution in [1.82, 2.24) is 4.98 Å². The molecular weight excluding hydrogens is 226 g/mol. The van der Waals surface area contributed by atoms with Gasteiger partial charge in [-0.15, -0.1) is 0 Å². The van der Waals surface area contributed by atoms with Crippen molar-refractivity contribution < 1.29 is 4.74 Å². The first-order valence-electron chi connectivity index (χ1n) is 5.77. The maximum atomic E-state index is 5.77. The van der Waals surface area contributed by atoms with Gasteiger partial charge in [0.2, 0.25) is 0 Å². The number of nitrogens with zero attached hydrogens (tertiary/aromatic N) is 1. The highest BCUT2D eigenvalue weighted by Gasteiger charge is 2.02. The van der Waals surface area contributed by atoms with Gasteiger partial charge in [-0.05, 0) is 36.2 Å². The SMILES string of the molecule is COc1cc(NCc2cnccc2C)ccc1N. The van der Waals surface area contributed by atoms with Crippen LogP contribution in [0.5, 0.6) is 5.75 Å². The molecule has 4 heteroatoms. The number of nitrogen functional groups attached to an aromatic ring is 1. The first kappa shape index (κ1) is 12.2. The molecule has 2 rings (SSSR count). The Morgan fingerprint density at radius 3 is 2.89 bits per heavy atom. The smallest absolute Gasteiger partial charge is 0.143 e. The van der Waals surface area contributed by atoms with Gasteiger partial charge in [-0.1, -0.05) is 0 Å². The Balaban J connectivity index is 2.09. The highest BCUT2D eigenvalue weighted by atomic mass is 16.5. The average molecular weight is 243 g/mol. The molecule has 0 aliphatic rings. The maximum Gasteiger partial charge on any atom is 0.143 e. The Labute approximate surface area is 107 Å². The van der Waals surface area contributed by atoms with E-state index in [1.807, 2.05) is 30.5 Å². The van der Waals surface area contributed by atoms with Crippen molar-refractivity contribution in [3.63, 3.8) is 0 Å². The van der Waals surface area contributed by atoms with Gasteiger partial charge in [-0.3, -0.25) is 4.98 Å². The number of rotatable bonds is 4. The van der Waals surface area contributed by atoms with E-state index in [0.717, 1.165) is 12.2 Å². The van der Waals surface area contributed by atoms with Crippen LogP contribution in [0.4, 0.5) is 11.4 Å². The van der Waals surface area contributed by atoms with E-state index in [1.54, 1.807) is 13.3 Å². The van der Waals surface area contributed by atoms with Crippen LogP contribution >= 0.6 is 0 Å². The van der Waals surface area contributed by atoms with Crippen molar-refractivity contribution in [3.05, 3.63) is 47.8 Å². The topological polar surface area (TPSA) is 60.2 Å². The molecule has 0 aliphatic carbocycles. The van der Waals surface area contributed by atoms with Crippen LogP contribution in [-0.4, -0.2) is 12.1 Å². The number of pyridine rings is 1. The highest BCUT2D eigenvalue weighted by Crippen LogP contribution is 2.25. The van der Waals surface area contributed by atoms with Gasteiger partial charge in [0.1, 0.15) is 5.75 Å². The molecule has 0 unspecified atom stereocenters. The lowest BCUT2D eigenvalue weighted by molar-refractivity contribution is 0.417. The van der Waals surface area contributed by atoms with E-state index in [0.29, 0.717) is 11.4 Å². The predicted octanol–water partition coefficient (Wildman–Crippen LogP) is 2.59. The minimum absolute atomic E-state index is 0.639. The second-order valence-electron chi connectivity index (χ2n) is 4.11. The Bertz CT molecular complexity index is 540. The molecule has 3 N–H and O–H groups in total. The van der Waals surface area contributed by atoms with Gasteiger partial charge >= 0.3 is 0 Å². The summed E-state index contributed by atoms with van der Waals surface area (Å²) in [5.41, 5.74) is 9.78. The van der Waals surface area contributed by atoms with Crippen molar-refractivity contribution in [2.75, 3.05) is 18.2 Å². The molecule has 0 spiro atoms. The first-order chi connectivity index (χ1) is 8.70. The molecule has 0 amide bonds. The molecule has 0 bridgehead atoms. The number of aryl methyl sites for hydroxylation is 1. The number of benzene rings is 1. The van der Waals surface area contributed by atoms with Crippen molar-refractivity contribution in [2.24, 2.45) is 0 Å². The quantitative estimate of drug-likeness (QED) is 0.810. The molecular formula is C14H17N3O. The zero-order valence-corrected chi connectivity index (χ0v) is 10.6. The van der Waals surface area contributed by atoms with Crippen molar-refractivity contribution in [2.45, 2.75) is 13.5 Å². The summed E-state index contributed by atoms with van der Waals surface area (Å²) in [6.45, 7) is 2.80. The van der Waals surface area contributed by atoms with E-state index in [9.17, 15) is 0 Å². The summed E-state index contributed by atoms with van der Waals surface area (Å²) in [5.74, 6) is 0.683. The van der Waals surface area contributed by atoms with E-state index >= 15 is 0 Å². The van der Waals surface area contributed by atoms with Gasteiger partial charge in [-0.2, -0.15) is 0 Å². The average Bonchev–Trinajstić information content (AvgIpc) is 2.39. The second kappa shape index (κ2) is 5.40. The largest absolute Gasteiger partial charge is 0.495 e. The molecule has 18 heavy (non-hydrogen) atoms. The van der Waals surface area contributed by atoms with E-state index in [4.69, 9.17) is 10.5 Å². The third-order valence-corrected chi connectivity index (χ3v) is 2.86. The lowest BCUT2D eigenvalue weighted by atomic mass is 10.1. The summed E-state index contributed by atoms with van der Waals surface area (Å²) < 4.78 is 5.18. The summed E-state index contributed by atoms with van der Waals surface area (Å²) in [7, 11) is 1.61. The zero-order chi connectivity index (χ0) is 13.0. The van der Waals surface area contributed by atoms with Gasteiger partial charge in [0.25, 0.3) is 0 Å². The van der Waals surface area contributed by atoms with E-state index < -0.39 is 0 Å². The fourth-order valence-corrected chi connectivity index (χ4v) is 1.70. The number of ether oxygens (including phenoxy) is 1. The normalized spacial score (nSPS) is 10.1. The van der Waals surface area contributed by atoms with Gasteiger partial charge in [0, 0.05) is 30.7 Å². The summed E-state index contributed by atoms with van der Waals surface area (Å²) in [6, 6.07) is 7.66. The molecule has 4 nitrogen and oxygen atoms in total. The van der Waals surface area contributed by atoms with Gasteiger partial charge in [-0.25, -0.2) is 0 Å². The molecule has 0 aliphatic heterocycles. The molecule has 94 valence electrons. The van der Waals surface area contributed by atoms with Gasteiger partial charge in [0.05, 0.1) is 12.8 Å². The maximum absolute atomic E-state index is 5.77. The van der Waals surface area contributed by atoms with Crippen LogP contribution in [0.25, 0.3) is 0 Å². The molecule has 0 atom stereocenters. The summed E-state index contributed by atoms with van der Waals surface area (Å²) >= 11 is 0. The van der Waals surface area contributed by atoms with Crippen LogP contribution in [0.2, 0.25) is 0 Å². The van der Waals surface area contributed by atoms with Crippen LogP contribution in [-0.2, 0) is 6.54 Å². The number of anilines is 2. The molecule has 1 aromatic heterocycles. The number of nitrogens with one attached hydrogen (secondary N) is 1. The first-order valence-corrected chi connectivity index (χ1v) is 5.77. The van der Waals surface area contributed by atoms with Crippen LogP contribution in [0, 0.1) is 6.92 Å². The van der Waals surface area contributed by atoms with Gasteiger partial charge in [0.15, 0.2) is 0 Å². The number of aromatic nitrogens is 1. The van der Waals surface area contributed by atoms with Crippen LogP contribution < -0.4 is 15.8 Å². The third-order valence-electron chi connectivity index (χ3n) is 2.86. The third kappa shape index (κ3) is 2.71. The van der Waals surface area contributed by atoms with Crippen molar-refractivity contribution in [1.29, 1.82) is 0 Å². The number of methoxy groups -OCH3 is 1. The Hall–Kier alpha value is -2.23. The van der Waals surface area contributed by atoms with Crippen molar-refractivity contribution >= 4 is 11.4 Å². The van der Waals surface area contributed by atoms with E-state index in [-0.39, 0.29) is 0 Å². The van der Waals surface area contributed by atoms with Crippen LogP contribution in [0.1, 0.15) is 11.1 Å². The summed E-state index contributed by atoms with van der Waals surface area (Å²) in [5, 5.41) is 3.33. The fraction of sp³-hybridized carbons (Fsp3) is 0.214. The van der Waals surface area contributed by atoms with Gasteiger partial charge < -0.3 is 15.8 Å². The minimum atomic E-state index is 0.639. The Morgan fingerprint density at radius 1 is 1.33 bits per heavy atom.